The van der Waals surface area contributed by atoms with Gasteiger partial charge in [-0.05, 0) is 61.2 Å². The monoisotopic (exact) mass is 405 g/mol. The van der Waals surface area contributed by atoms with Gasteiger partial charge >= 0.3 is 0 Å². The number of benzene rings is 2. The van der Waals surface area contributed by atoms with Crippen molar-refractivity contribution in [1.29, 1.82) is 0 Å². The second-order valence-electron chi connectivity index (χ2n) is 7.48. The second-order valence-corrected chi connectivity index (χ2v) is 7.48. The third-order valence-electron chi connectivity index (χ3n) is 5.43. The molecule has 154 valence electrons. The van der Waals surface area contributed by atoms with Gasteiger partial charge < -0.3 is 15.4 Å². The summed E-state index contributed by atoms with van der Waals surface area (Å²) in [7, 11) is 1.50. The van der Waals surface area contributed by atoms with Crippen molar-refractivity contribution in [1.82, 2.24) is 4.98 Å². The normalized spacial score (nSPS) is 18.1. The van der Waals surface area contributed by atoms with E-state index in [0.717, 1.165) is 36.1 Å². The molecule has 1 heterocycles. The maximum Gasteiger partial charge on any atom is 0.228 e. The minimum absolute atomic E-state index is 0.0249. The van der Waals surface area contributed by atoms with Crippen LogP contribution in [-0.4, -0.2) is 24.0 Å². The molecule has 4 rings (SSSR count). The number of para-hydroxylation sites is 1. The van der Waals surface area contributed by atoms with Crippen LogP contribution in [0.5, 0.6) is 5.75 Å². The summed E-state index contributed by atoms with van der Waals surface area (Å²) >= 11 is 0. The number of anilines is 2. The minimum atomic E-state index is -0.363. The fourth-order valence-electron chi connectivity index (χ4n) is 3.92. The van der Waals surface area contributed by atoms with E-state index >= 15 is 0 Å². The van der Waals surface area contributed by atoms with E-state index in [0.29, 0.717) is 11.6 Å². The van der Waals surface area contributed by atoms with Gasteiger partial charge in [0.1, 0.15) is 17.4 Å². The van der Waals surface area contributed by atoms with Gasteiger partial charge in [0.25, 0.3) is 0 Å². The minimum Gasteiger partial charge on any atom is -0.496 e. The van der Waals surface area contributed by atoms with Gasteiger partial charge in [0.05, 0.1) is 7.11 Å². The Bertz CT molecular complexity index is 1030. The molecule has 1 fully saturated rings. The van der Waals surface area contributed by atoms with Crippen molar-refractivity contribution in [3.63, 3.8) is 0 Å². The smallest absolute Gasteiger partial charge is 0.228 e. The summed E-state index contributed by atoms with van der Waals surface area (Å²) in [6.07, 6.45) is 4.20. The molecule has 0 radical (unpaired) electrons. The Balaban J connectivity index is 1.41. The molecule has 0 spiro atoms. The third kappa shape index (κ3) is 4.59. The second kappa shape index (κ2) is 8.95. The summed E-state index contributed by atoms with van der Waals surface area (Å²) in [5.41, 5.74) is 2.61. The molecule has 1 aromatic heterocycles. The summed E-state index contributed by atoms with van der Waals surface area (Å²) < 4.78 is 18.8. The van der Waals surface area contributed by atoms with Gasteiger partial charge in [-0.3, -0.25) is 4.79 Å². The number of carbonyl (C=O) groups is 1. The molecule has 2 N–H and O–H groups in total. The quantitative estimate of drug-likeness (QED) is 0.598. The number of hydrogen-bond donors (Lipinski definition) is 2. The predicted molar refractivity (Wildman–Crippen MR) is 116 cm³/mol. The van der Waals surface area contributed by atoms with E-state index in [1.54, 1.807) is 24.4 Å². The number of ether oxygens (including phenoxy) is 1. The first-order valence-electron chi connectivity index (χ1n) is 10.0. The van der Waals surface area contributed by atoms with Crippen LogP contribution in [0.15, 0.2) is 66.9 Å². The van der Waals surface area contributed by atoms with Crippen LogP contribution in [0.1, 0.15) is 19.3 Å². The maximum absolute atomic E-state index is 13.5. The Kier molecular flexibility index (Phi) is 5.93. The fraction of sp³-hybridized carbons (Fsp3) is 0.250. The molecule has 2 atom stereocenters. The molecule has 1 aliphatic rings. The molecule has 1 saturated carbocycles. The van der Waals surface area contributed by atoms with E-state index in [-0.39, 0.29) is 23.7 Å². The number of hydrogen-bond acceptors (Lipinski definition) is 4. The molecule has 3 aromatic rings. The lowest BCUT2D eigenvalue weighted by Crippen LogP contribution is -2.23. The number of halogens is 1. The van der Waals surface area contributed by atoms with E-state index in [1.165, 1.54) is 19.2 Å². The third-order valence-corrected chi connectivity index (χ3v) is 5.43. The summed E-state index contributed by atoms with van der Waals surface area (Å²) in [4.78, 5) is 17.0. The molecular weight excluding hydrogens is 381 g/mol. The van der Waals surface area contributed by atoms with Gasteiger partial charge in [0, 0.05) is 35.5 Å². The van der Waals surface area contributed by atoms with Crippen molar-refractivity contribution < 1.29 is 13.9 Å². The van der Waals surface area contributed by atoms with Crippen LogP contribution in [0.2, 0.25) is 0 Å². The van der Waals surface area contributed by atoms with Crippen molar-refractivity contribution in [3.05, 3.63) is 72.7 Å². The fourth-order valence-corrected chi connectivity index (χ4v) is 3.92. The average molecular weight is 405 g/mol. The van der Waals surface area contributed by atoms with Gasteiger partial charge in [0.2, 0.25) is 5.91 Å². The average Bonchev–Trinajstić information content (AvgIpc) is 3.23. The Morgan fingerprint density at radius 1 is 1.10 bits per heavy atom. The largest absolute Gasteiger partial charge is 0.496 e. The van der Waals surface area contributed by atoms with Crippen LogP contribution in [0.4, 0.5) is 15.9 Å². The van der Waals surface area contributed by atoms with Crippen molar-refractivity contribution in [2.75, 3.05) is 17.7 Å². The highest BCUT2D eigenvalue weighted by molar-refractivity contribution is 5.92. The summed E-state index contributed by atoms with van der Waals surface area (Å²) in [6.45, 7) is 0. The first-order chi connectivity index (χ1) is 14.6. The highest BCUT2D eigenvalue weighted by Crippen LogP contribution is 2.32. The summed E-state index contributed by atoms with van der Waals surface area (Å²) in [5.74, 6) is 0.464. The Hall–Kier alpha value is -3.41. The van der Waals surface area contributed by atoms with Crippen molar-refractivity contribution in [3.8, 4) is 16.9 Å². The van der Waals surface area contributed by atoms with E-state index in [2.05, 4.69) is 15.6 Å². The molecule has 2 aromatic carbocycles. The van der Waals surface area contributed by atoms with Gasteiger partial charge in [-0.1, -0.05) is 18.2 Å². The number of nitrogens with one attached hydrogen (secondary N) is 2. The Morgan fingerprint density at radius 3 is 2.73 bits per heavy atom. The summed E-state index contributed by atoms with van der Waals surface area (Å²) in [6, 6.07) is 18.3. The van der Waals surface area contributed by atoms with Crippen molar-refractivity contribution in [2.24, 2.45) is 5.92 Å². The SMILES string of the molecule is COc1cc(F)ccc1-c1ccnc(NC(=O)[C@@H]2CC[C@H](Nc3ccccc3)C2)c1. The highest BCUT2D eigenvalue weighted by Gasteiger charge is 2.30. The zero-order valence-electron chi connectivity index (χ0n) is 16.8. The molecule has 30 heavy (non-hydrogen) atoms. The van der Waals surface area contributed by atoms with Crippen LogP contribution < -0.4 is 15.4 Å². The zero-order chi connectivity index (χ0) is 20.9. The lowest BCUT2D eigenvalue weighted by molar-refractivity contribution is -0.119. The van der Waals surface area contributed by atoms with Crippen molar-refractivity contribution in [2.45, 2.75) is 25.3 Å². The van der Waals surface area contributed by atoms with E-state index in [9.17, 15) is 9.18 Å². The zero-order valence-corrected chi connectivity index (χ0v) is 16.8. The number of carbonyl (C=O) groups excluding carboxylic acids is 1. The maximum atomic E-state index is 13.5. The van der Waals surface area contributed by atoms with E-state index in [4.69, 9.17) is 4.74 Å². The van der Waals surface area contributed by atoms with Gasteiger partial charge in [-0.15, -0.1) is 0 Å². The highest BCUT2D eigenvalue weighted by atomic mass is 19.1. The predicted octanol–water partition coefficient (Wildman–Crippen LogP) is 5.12. The first kappa shape index (κ1) is 19.9. The van der Waals surface area contributed by atoms with Gasteiger partial charge in [0.15, 0.2) is 0 Å². The van der Waals surface area contributed by atoms with Crippen molar-refractivity contribution >= 4 is 17.4 Å². The molecule has 1 amide bonds. The number of pyridine rings is 1. The van der Waals surface area contributed by atoms with Crippen LogP contribution in [0, 0.1) is 11.7 Å². The van der Waals surface area contributed by atoms with Crippen LogP contribution in [0.25, 0.3) is 11.1 Å². The standard InChI is InChI=1S/C24H24FN3O2/c1-30-22-15-18(25)8-10-21(22)16-11-12-26-23(14-16)28-24(29)17-7-9-20(13-17)27-19-5-3-2-4-6-19/h2-6,8,10-12,14-15,17,20,27H,7,9,13H2,1H3,(H,26,28,29)/t17-,20+/m1/s1. The molecule has 6 heteroatoms. The van der Waals surface area contributed by atoms with Crippen LogP contribution in [-0.2, 0) is 4.79 Å². The first-order valence-corrected chi connectivity index (χ1v) is 10.0. The summed E-state index contributed by atoms with van der Waals surface area (Å²) in [5, 5.41) is 6.43. The number of amides is 1. The lowest BCUT2D eigenvalue weighted by Gasteiger charge is -2.15. The molecule has 0 unspecified atom stereocenters. The molecule has 0 saturated heterocycles. The molecule has 0 aliphatic heterocycles. The van der Waals surface area contributed by atoms with Gasteiger partial charge in [-0.25, -0.2) is 9.37 Å². The van der Waals surface area contributed by atoms with Crippen LogP contribution >= 0.6 is 0 Å². The number of methoxy groups -OCH3 is 1. The Morgan fingerprint density at radius 2 is 1.93 bits per heavy atom. The number of aromatic nitrogens is 1. The molecule has 5 nitrogen and oxygen atoms in total. The number of rotatable bonds is 6. The van der Waals surface area contributed by atoms with E-state index < -0.39 is 0 Å². The molecule has 1 aliphatic carbocycles. The molecular formula is C24H24FN3O2. The topological polar surface area (TPSA) is 63.2 Å². The Labute approximate surface area is 175 Å². The van der Waals surface area contributed by atoms with E-state index in [1.807, 2.05) is 30.3 Å². The van der Waals surface area contributed by atoms with Crippen LogP contribution in [0.3, 0.4) is 0 Å². The number of nitrogens with zero attached hydrogens (tertiary/aromatic N) is 1. The lowest BCUT2D eigenvalue weighted by atomic mass is 10.0. The molecule has 0 bridgehead atoms. The van der Waals surface area contributed by atoms with Gasteiger partial charge in [-0.2, -0.15) is 0 Å².